The number of hydrogen-bond acceptors (Lipinski definition) is 8. The van der Waals surface area contributed by atoms with Crippen LogP contribution in [-0.2, 0) is 37.8 Å². The highest BCUT2D eigenvalue weighted by atomic mass is 28.3. The number of fused-ring (bicyclic) bond motifs is 5. The molecule has 0 spiro atoms. The molecule has 35 heavy (non-hydrogen) atoms. The van der Waals surface area contributed by atoms with E-state index < -0.39 is 32.2 Å². The van der Waals surface area contributed by atoms with Crippen molar-refractivity contribution < 1.29 is 19.1 Å². The Labute approximate surface area is 203 Å². The standard InChI is InChI=1S/C25H28N4O5Si/c1-5-25(34-20(30)10-26)17-9-19-21-15(11-29(19)23(31)16(17)12-33-24(25)32)22(35(2,3)4)14-8-13(27)6-7-18(14)28-21/h6-9H,5,10-12,26-27H2,1-4H3. The van der Waals surface area contributed by atoms with Crippen molar-refractivity contribution in [3.8, 4) is 11.4 Å². The molecule has 0 radical (unpaired) electrons. The number of nitrogen functional groups attached to an aromatic ring is 1. The van der Waals surface area contributed by atoms with E-state index in [0.717, 1.165) is 16.5 Å². The van der Waals surface area contributed by atoms with Crippen molar-refractivity contribution in [2.75, 3.05) is 12.3 Å². The highest BCUT2D eigenvalue weighted by molar-refractivity contribution is 6.90. The molecule has 2 aliphatic rings. The highest BCUT2D eigenvalue weighted by Gasteiger charge is 2.50. The number of pyridine rings is 2. The molecule has 0 saturated carbocycles. The molecule has 4 heterocycles. The van der Waals surface area contributed by atoms with E-state index in [9.17, 15) is 14.4 Å². The van der Waals surface area contributed by atoms with Gasteiger partial charge in [0.15, 0.2) is 0 Å². The molecule has 2 aromatic heterocycles. The molecular formula is C25H28N4O5Si. The number of ether oxygens (including phenoxy) is 2. The fourth-order valence-corrected chi connectivity index (χ4v) is 7.46. The van der Waals surface area contributed by atoms with Crippen LogP contribution >= 0.6 is 0 Å². The summed E-state index contributed by atoms with van der Waals surface area (Å²) < 4.78 is 12.6. The summed E-state index contributed by atoms with van der Waals surface area (Å²) in [4.78, 5) is 43.8. The van der Waals surface area contributed by atoms with Gasteiger partial charge < -0.3 is 25.5 Å². The fourth-order valence-electron chi connectivity index (χ4n) is 5.35. The van der Waals surface area contributed by atoms with Crippen LogP contribution < -0.4 is 22.2 Å². The molecule has 3 aromatic rings. The Bertz CT molecular complexity index is 1490. The third-order valence-electron chi connectivity index (χ3n) is 6.88. The van der Waals surface area contributed by atoms with Gasteiger partial charge in [0.2, 0.25) is 5.60 Å². The monoisotopic (exact) mass is 492 g/mol. The van der Waals surface area contributed by atoms with Crippen molar-refractivity contribution in [2.45, 2.75) is 51.7 Å². The lowest BCUT2D eigenvalue weighted by Gasteiger charge is -2.35. The number of anilines is 1. The predicted octanol–water partition coefficient (Wildman–Crippen LogP) is 1.72. The van der Waals surface area contributed by atoms with Crippen LogP contribution in [0.4, 0.5) is 5.69 Å². The van der Waals surface area contributed by atoms with Gasteiger partial charge in [0.1, 0.15) is 6.61 Å². The quantitative estimate of drug-likeness (QED) is 0.249. The summed E-state index contributed by atoms with van der Waals surface area (Å²) in [7, 11) is -1.91. The minimum Gasteiger partial charge on any atom is -0.457 e. The van der Waals surface area contributed by atoms with Crippen LogP contribution in [0.25, 0.3) is 22.3 Å². The number of benzene rings is 1. The number of cyclic esters (lactones) is 1. The smallest absolute Gasteiger partial charge is 0.355 e. The molecule has 1 unspecified atom stereocenters. The molecular weight excluding hydrogens is 464 g/mol. The summed E-state index contributed by atoms with van der Waals surface area (Å²) in [5.74, 6) is -1.46. The van der Waals surface area contributed by atoms with Crippen molar-refractivity contribution in [3.05, 3.63) is 51.3 Å². The number of rotatable bonds is 4. The van der Waals surface area contributed by atoms with Gasteiger partial charge in [0.25, 0.3) is 5.56 Å². The maximum absolute atomic E-state index is 13.7. The van der Waals surface area contributed by atoms with E-state index in [1.165, 1.54) is 5.19 Å². The van der Waals surface area contributed by atoms with Crippen molar-refractivity contribution in [1.82, 2.24) is 9.55 Å². The summed E-state index contributed by atoms with van der Waals surface area (Å²) in [6.45, 7) is 8.25. The zero-order valence-corrected chi connectivity index (χ0v) is 21.2. The van der Waals surface area contributed by atoms with Gasteiger partial charge in [-0.3, -0.25) is 9.59 Å². The third-order valence-corrected chi connectivity index (χ3v) is 8.96. The van der Waals surface area contributed by atoms with E-state index in [2.05, 4.69) is 19.6 Å². The van der Waals surface area contributed by atoms with Crippen LogP contribution in [0.5, 0.6) is 0 Å². The lowest BCUT2D eigenvalue weighted by molar-refractivity contribution is -0.188. The number of nitrogens with zero attached hydrogens (tertiary/aromatic N) is 2. The first-order chi connectivity index (χ1) is 16.5. The molecule has 0 aliphatic carbocycles. The van der Waals surface area contributed by atoms with Crippen LogP contribution in [0, 0.1) is 0 Å². The normalized spacial score (nSPS) is 18.6. The predicted molar refractivity (Wildman–Crippen MR) is 135 cm³/mol. The average molecular weight is 493 g/mol. The van der Waals surface area contributed by atoms with Gasteiger partial charge in [0, 0.05) is 16.6 Å². The van der Waals surface area contributed by atoms with Crippen molar-refractivity contribution in [3.63, 3.8) is 0 Å². The first-order valence-corrected chi connectivity index (χ1v) is 15.1. The maximum atomic E-state index is 13.7. The van der Waals surface area contributed by atoms with E-state index in [-0.39, 0.29) is 18.6 Å². The fraction of sp³-hybridized carbons (Fsp3) is 0.360. The Morgan fingerprint density at radius 2 is 1.97 bits per heavy atom. The largest absolute Gasteiger partial charge is 0.457 e. The van der Waals surface area contributed by atoms with Crippen LogP contribution in [0.2, 0.25) is 19.6 Å². The van der Waals surface area contributed by atoms with Crippen molar-refractivity contribution >= 4 is 41.8 Å². The van der Waals surface area contributed by atoms with E-state index in [1.807, 2.05) is 18.2 Å². The molecule has 10 heteroatoms. The third kappa shape index (κ3) is 3.31. The van der Waals surface area contributed by atoms with Gasteiger partial charge in [-0.25, -0.2) is 9.78 Å². The highest BCUT2D eigenvalue weighted by Crippen LogP contribution is 2.41. The Morgan fingerprint density at radius 3 is 2.63 bits per heavy atom. The molecule has 2 aliphatic heterocycles. The first kappa shape index (κ1) is 23.2. The van der Waals surface area contributed by atoms with Crippen LogP contribution in [0.15, 0.2) is 29.1 Å². The lowest BCUT2D eigenvalue weighted by atomic mass is 9.85. The minimum atomic E-state index is -1.91. The van der Waals surface area contributed by atoms with Gasteiger partial charge in [-0.05, 0) is 41.4 Å². The second-order valence-electron chi connectivity index (χ2n) is 10.1. The number of carbonyl (C=O) groups is 2. The summed E-state index contributed by atoms with van der Waals surface area (Å²) in [5, 5.41) is 2.21. The molecule has 1 atom stereocenters. The number of nitrogens with two attached hydrogens (primary N) is 2. The van der Waals surface area contributed by atoms with Gasteiger partial charge in [0.05, 0.1) is 43.6 Å². The first-order valence-electron chi connectivity index (χ1n) is 11.6. The maximum Gasteiger partial charge on any atom is 0.355 e. The second kappa shape index (κ2) is 7.75. The van der Waals surface area contributed by atoms with Crippen LogP contribution in [0.1, 0.15) is 30.0 Å². The molecule has 0 saturated heterocycles. The van der Waals surface area contributed by atoms with Crippen molar-refractivity contribution in [2.24, 2.45) is 5.73 Å². The summed E-state index contributed by atoms with van der Waals surface area (Å²) in [6, 6.07) is 7.42. The summed E-state index contributed by atoms with van der Waals surface area (Å²) >= 11 is 0. The van der Waals surface area contributed by atoms with Gasteiger partial charge in [-0.2, -0.15) is 0 Å². The van der Waals surface area contributed by atoms with E-state index in [0.29, 0.717) is 34.7 Å². The molecule has 1 aromatic carbocycles. The van der Waals surface area contributed by atoms with Gasteiger partial charge in [-0.15, -0.1) is 0 Å². The summed E-state index contributed by atoms with van der Waals surface area (Å²) in [5.41, 5.74) is 14.0. The number of aromatic nitrogens is 2. The molecule has 0 fully saturated rings. The Hall–Kier alpha value is -3.50. The molecule has 182 valence electrons. The molecule has 9 nitrogen and oxygen atoms in total. The van der Waals surface area contributed by atoms with Gasteiger partial charge in [-0.1, -0.05) is 26.6 Å². The number of carbonyl (C=O) groups excluding carboxylic acids is 2. The Kier molecular flexibility index (Phi) is 5.15. The average Bonchev–Trinajstić information content (AvgIpc) is 3.16. The molecule has 0 bridgehead atoms. The number of esters is 2. The zero-order chi connectivity index (χ0) is 25.3. The number of hydrogen-bond donors (Lipinski definition) is 2. The summed E-state index contributed by atoms with van der Waals surface area (Å²) in [6.07, 6.45) is 0.102. The SMILES string of the molecule is CCC1(OC(=O)CN)C(=O)OCc2c1cc1n(c2=O)Cc2c-1nc1ccc(N)cc1c2[Si](C)(C)C. The molecule has 5 rings (SSSR count). The topological polar surface area (TPSA) is 140 Å². The van der Waals surface area contributed by atoms with E-state index in [4.69, 9.17) is 25.9 Å². The van der Waals surface area contributed by atoms with Crippen LogP contribution in [0.3, 0.4) is 0 Å². The zero-order valence-electron chi connectivity index (χ0n) is 20.2. The lowest BCUT2D eigenvalue weighted by Crippen LogP contribution is -2.48. The van der Waals surface area contributed by atoms with E-state index in [1.54, 1.807) is 17.6 Å². The van der Waals surface area contributed by atoms with Gasteiger partial charge >= 0.3 is 11.9 Å². The van der Waals surface area contributed by atoms with Crippen molar-refractivity contribution in [1.29, 1.82) is 0 Å². The molecule has 0 amide bonds. The Balaban J connectivity index is 1.83. The van der Waals surface area contributed by atoms with Crippen LogP contribution in [-0.4, -0.2) is 36.1 Å². The minimum absolute atomic E-state index is 0.102. The molecule has 4 N–H and O–H groups in total. The van der Waals surface area contributed by atoms with E-state index >= 15 is 0 Å². The second-order valence-corrected chi connectivity index (χ2v) is 15.1. The Morgan fingerprint density at radius 1 is 1.23 bits per heavy atom.